The molecular formula is C15H14N6. The van der Waals surface area contributed by atoms with Crippen LogP contribution in [-0.2, 0) is 6.54 Å². The normalized spacial score (nSPS) is 11.5. The monoisotopic (exact) mass is 278 g/mol. The van der Waals surface area contributed by atoms with E-state index >= 15 is 0 Å². The van der Waals surface area contributed by atoms with Crippen molar-refractivity contribution in [1.82, 2.24) is 25.0 Å². The second kappa shape index (κ2) is 4.31. The lowest BCUT2D eigenvalue weighted by atomic mass is 10.1. The molecular weight excluding hydrogens is 264 g/mol. The van der Waals surface area contributed by atoms with E-state index in [0.29, 0.717) is 5.82 Å². The minimum Gasteiger partial charge on any atom is -0.382 e. The van der Waals surface area contributed by atoms with E-state index in [4.69, 9.17) is 5.73 Å². The number of nitrogen functional groups attached to an aromatic ring is 1. The van der Waals surface area contributed by atoms with Gasteiger partial charge in [0.2, 0.25) is 0 Å². The summed E-state index contributed by atoms with van der Waals surface area (Å²) in [6, 6.07) is 8.05. The first kappa shape index (κ1) is 11.9. The van der Waals surface area contributed by atoms with Crippen molar-refractivity contribution in [2.75, 3.05) is 5.73 Å². The van der Waals surface area contributed by atoms with Gasteiger partial charge in [-0.1, -0.05) is 12.1 Å². The minimum atomic E-state index is 0.464. The lowest BCUT2D eigenvalue weighted by Crippen LogP contribution is -1.95. The number of benzene rings is 1. The summed E-state index contributed by atoms with van der Waals surface area (Å²) in [5.41, 5.74) is 9.67. The van der Waals surface area contributed by atoms with Crippen LogP contribution in [0.5, 0.6) is 0 Å². The average molecular weight is 278 g/mol. The summed E-state index contributed by atoms with van der Waals surface area (Å²) in [5.74, 6) is 0.464. The number of nitrogens with zero attached hydrogens (tertiary/aromatic N) is 4. The Morgan fingerprint density at radius 1 is 1.24 bits per heavy atom. The number of anilines is 1. The van der Waals surface area contributed by atoms with E-state index in [0.717, 1.165) is 39.6 Å². The molecule has 0 bridgehead atoms. The number of nitrogens with two attached hydrogens (primary N) is 1. The predicted molar refractivity (Wildman–Crippen MR) is 82.7 cm³/mol. The molecule has 0 saturated heterocycles. The molecule has 0 spiro atoms. The molecule has 0 amide bonds. The highest BCUT2D eigenvalue weighted by molar-refractivity contribution is 6.08. The molecule has 3 aromatic heterocycles. The number of fused-ring (bicyclic) bond motifs is 3. The Morgan fingerprint density at radius 2 is 2.14 bits per heavy atom. The third-order valence-corrected chi connectivity index (χ3v) is 3.67. The molecule has 0 fully saturated rings. The molecule has 4 rings (SSSR count). The second-order valence-corrected chi connectivity index (χ2v) is 4.95. The molecule has 3 N–H and O–H groups in total. The van der Waals surface area contributed by atoms with Gasteiger partial charge in [-0.3, -0.25) is 9.78 Å². The first-order valence-electron chi connectivity index (χ1n) is 6.82. The fourth-order valence-corrected chi connectivity index (χ4v) is 2.59. The predicted octanol–water partition coefficient (Wildman–Crippen LogP) is 2.58. The van der Waals surface area contributed by atoms with Gasteiger partial charge in [-0.2, -0.15) is 10.2 Å². The maximum atomic E-state index is 6.05. The van der Waals surface area contributed by atoms with Gasteiger partial charge in [0.05, 0.1) is 11.2 Å². The van der Waals surface area contributed by atoms with E-state index in [1.807, 2.05) is 29.9 Å². The summed E-state index contributed by atoms with van der Waals surface area (Å²) < 4.78 is 1.88. The van der Waals surface area contributed by atoms with Crippen LogP contribution < -0.4 is 5.73 Å². The molecule has 0 aliphatic carbocycles. The number of rotatable bonds is 2. The molecule has 3 heterocycles. The number of hydrogen-bond donors (Lipinski definition) is 2. The summed E-state index contributed by atoms with van der Waals surface area (Å²) in [5, 5.41) is 13.5. The Kier molecular flexibility index (Phi) is 2.44. The van der Waals surface area contributed by atoms with Crippen LogP contribution in [-0.4, -0.2) is 25.0 Å². The van der Waals surface area contributed by atoms with Crippen LogP contribution in [0.3, 0.4) is 0 Å². The second-order valence-electron chi connectivity index (χ2n) is 4.95. The molecule has 0 unspecified atom stereocenters. The molecule has 4 aromatic rings. The highest BCUT2D eigenvalue weighted by atomic mass is 15.3. The molecule has 0 radical (unpaired) electrons. The van der Waals surface area contributed by atoms with Gasteiger partial charge < -0.3 is 5.73 Å². The first-order chi connectivity index (χ1) is 10.3. The molecule has 1 aromatic carbocycles. The molecule has 6 nitrogen and oxygen atoms in total. The quantitative estimate of drug-likeness (QED) is 0.590. The standard InChI is InChI=1S/C15H14N6/c1-2-21-8-11-10-4-3-9(12-5-6-17-19-12)7-13(10)18-15(16)14(11)20-21/h3-8H,2H2,1H3,(H2,16,18)(H,17,19). The summed E-state index contributed by atoms with van der Waals surface area (Å²) in [6.07, 6.45) is 3.75. The van der Waals surface area contributed by atoms with E-state index < -0.39 is 0 Å². The lowest BCUT2D eigenvalue weighted by molar-refractivity contribution is 0.668. The van der Waals surface area contributed by atoms with Crippen molar-refractivity contribution in [3.63, 3.8) is 0 Å². The number of aryl methyl sites for hydroxylation is 1. The van der Waals surface area contributed by atoms with Crippen LogP contribution in [0.1, 0.15) is 6.92 Å². The molecule has 0 saturated carbocycles. The van der Waals surface area contributed by atoms with E-state index in [2.05, 4.69) is 32.4 Å². The maximum Gasteiger partial charge on any atom is 0.152 e. The van der Waals surface area contributed by atoms with Gasteiger partial charge in [0.1, 0.15) is 5.52 Å². The van der Waals surface area contributed by atoms with E-state index in [-0.39, 0.29) is 0 Å². The van der Waals surface area contributed by atoms with Crippen LogP contribution in [0.15, 0.2) is 36.7 Å². The smallest absolute Gasteiger partial charge is 0.152 e. The summed E-state index contributed by atoms with van der Waals surface area (Å²) in [6.45, 7) is 2.86. The summed E-state index contributed by atoms with van der Waals surface area (Å²) in [4.78, 5) is 4.49. The van der Waals surface area contributed by atoms with E-state index in [1.165, 1.54) is 0 Å². The van der Waals surface area contributed by atoms with Crippen molar-refractivity contribution >= 4 is 27.6 Å². The van der Waals surface area contributed by atoms with Gasteiger partial charge in [-0.15, -0.1) is 0 Å². The van der Waals surface area contributed by atoms with Gasteiger partial charge in [0, 0.05) is 35.3 Å². The van der Waals surface area contributed by atoms with Crippen molar-refractivity contribution in [1.29, 1.82) is 0 Å². The Balaban J connectivity index is 2.02. The number of aromatic nitrogens is 5. The average Bonchev–Trinajstić information content (AvgIpc) is 3.16. The van der Waals surface area contributed by atoms with Crippen LogP contribution >= 0.6 is 0 Å². The van der Waals surface area contributed by atoms with Crippen LogP contribution in [0.25, 0.3) is 33.1 Å². The van der Waals surface area contributed by atoms with Crippen molar-refractivity contribution in [3.05, 3.63) is 36.7 Å². The Labute approximate surface area is 120 Å². The number of hydrogen-bond acceptors (Lipinski definition) is 4. The molecule has 6 heteroatoms. The zero-order valence-electron chi connectivity index (χ0n) is 11.5. The highest BCUT2D eigenvalue weighted by Crippen LogP contribution is 2.29. The Hall–Kier alpha value is -2.89. The van der Waals surface area contributed by atoms with Crippen molar-refractivity contribution in [2.45, 2.75) is 13.5 Å². The first-order valence-corrected chi connectivity index (χ1v) is 6.82. The van der Waals surface area contributed by atoms with Gasteiger partial charge >= 0.3 is 0 Å². The summed E-state index contributed by atoms with van der Waals surface area (Å²) in [7, 11) is 0. The Morgan fingerprint density at radius 3 is 2.90 bits per heavy atom. The Bertz CT molecular complexity index is 936. The topological polar surface area (TPSA) is 85.4 Å². The van der Waals surface area contributed by atoms with Crippen molar-refractivity contribution in [3.8, 4) is 11.3 Å². The largest absolute Gasteiger partial charge is 0.382 e. The third-order valence-electron chi connectivity index (χ3n) is 3.67. The molecule has 21 heavy (non-hydrogen) atoms. The lowest BCUT2D eigenvalue weighted by Gasteiger charge is -2.03. The summed E-state index contributed by atoms with van der Waals surface area (Å²) >= 11 is 0. The zero-order valence-corrected chi connectivity index (χ0v) is 11.5. The highest BCUT2D eigenvalue weighted by Gasteiger charge is 2.11. The van der Waals surface area contributed by atoms with Crippen LogP contribution in [0, 0.1) is 0 Å². The SMILES string of the molecule is CCn1cc2c(n1)c(N)nc1cc(-c3ccn[nH]3)ccc12. The van der Waals surface area contributed by atoms with Crippen molar-refractivity contribution in [2.24, 2.45) is 0 Å². The van der Waals surface area contributed by atoms with Gasteiger partial charge in [0.25, 0.3) is 0 Å². The number of nitrogens with one attached hydrogen (secondary N) is 1. The van der Waals surface area contributed by atoms with E-state index in [1.54, 1.807) is 6.20 Å². The molecule has 0 aliphatic rings. The molecule has 0 aliphatic heterocycles. The third kappa shape index (κ3) is 1.76. The van der Waals surface area contributed by atoms with Gasteiger partial charge in [-0.05, 0) is 19.1 Å². The number of pyridine rings is 1. The molecule has 104 valence electrons. The minimum absolute atomic E-state index is 0.464. The van der Waals surface area contributed by atoms with E-state index in [9.17, 15) is 0 Å². The zero-order chi connectivity index (χ0) is 14.4. The van der Waals surface area contributed by atoms with Gasteiger partial charge in [0.15, 0.2) is 5.82 Å². The van der Waals surface area contributed by atoms with Gasteiger partial charge in [-0.25, -0.2) is 4.98 Å². The van der Waals surface area contributed by atoms with Crippen LogP contribution in [0.4, 0.5) is 5.82 Å². The molecule has 0 atom stereocenters. The fourth-order valence-electron chi connectivity index (χ4n) is 2.59. The fraction of sp³-hybridized carbons (Fsp3) is 0.133. The van der Waals surface area contributed by atoms with Crippen molar-refractivity contribution < 1.29 is 0 Å². The number of aromatic amines is 1. The number of H-pyrrole nitrogens is 1. The van der Waals surface area contributed by atoms with Crippen LogP contribution in [0.2, 0.25) is 0 Å². The maximum absolute atomic E-state index is 6.05.